The first-order chi connectivity index (χ1) is 4.63. The van der Waals surface area contributed by atoms with Crippen LogP contribution < -0.4 is 0 Å². The maximum atomic E-state index is 11.4. The van der Waals surface area contributed by atoms with Crippen molar-refractivity contribution in [2.45, 2.75) is 33.1 Å². The van der Waals surface area contributed by atoms with Crippen molar-refractivity contribution >= 4 is 5.78 Å². The SMILES string of the molecule is CC1CCC2(C)CC2C1=O. The van der Waals surface area contributed by atoms with Crippen molar-refractivity contribution in [3.05, 3.63) is 0 Å². The Labute approximate surface area is 61.8 Å². The van der Waals surface area contributed by atoms with E-state index in [9.17, 15) is 4.79 Å². The van der Waals surface area contributed by atoms with E-state index in [1.54, 1.807) is 0 Å². The Kier molecular flexibility index (Phi) is 1.04. The zero-order chi connectivity index (χ0) is 7.35. The molecule has 2 saturated carbocycles. The van der Waals surface area contributed by atoms with Gasteiger partial charge in [-0.25, -0.2) is 0 Å². The van der Waals surface area contributed by atoms with Gasteiger partial charge in [-0.1, -0.05) is 13.8 Å². The lowest BCUT2D eigenvalue weighted by atomic mass is 9.83. The molecular formula is C9H14O. The number of carbonyl (C=O) groups excluding carboxylic acids is 1. The molecule has 10 heavy (non-hydrogen) atoms. The van der Waals surface area contributed by atoms with Gasteiger partial charge in [0.25, 0.3) is 0 Å². The number of rotatable bonds is 0. The van der Waals surface area contributed by atoms with Crippen molar-refractivity contribution in [3.63, 3.8) is 0 Å². The molecule has 0 spiro atoms. The van der Waals surface area contributed by atoms with Gasteiger partial charge in [0.2, 0.25) is 0 Å². The van der Waals surface area contributed by atoms with Gasteiger partial charge in [0.15, 0.2) is 0 Å². The first-order valence-corrected chi connectivity index (χ1v) is 4.17. The van der Waals surface area contributed by atoms with Crippen molar-refractivity contribution in [2.75, 3.05) is 0 Å². The highest BCUT2D eigenvalue weighted by molar-refractivity contribution is 5.87. The molecule has 2 aliphatic carbocycles. The van der Waals surface area contributed by atoms with Gasteiger partial charge < -0.3 is 0 Å². The van der Waals surface area contributed by atoms with E-state index in [4.69, 9.17) is 0 Å². The Bertz CT molecular complexity index is 185. The van der Waals surface area contributed by atoms with E-state index >= 15 is 0 Å². The summed E-state index contributed by atoms with van der Waals surface area (Å²) in [5.74, 6) is 1.35. The second-order valence-corrected chi connectivity index (χ2v) is 4.25. The summed E-state index contributed by atoms with van der Waals surface area (Å²) in [5, 5.41) is 0. The first-order valence-electron chi connectivity index (χ1n) is 4.17. The Morgan fingerprint density at radius 2 is 2.30 bits per heavy atom. The van der Waals surface area contributed by atoms with E-state index in [1.165, 1.54) is 12.8 Å². The molecule has 0 saturated heterocycles. The molecule has 0 N–H and O–H groups in total. The molecule has 0 heterocycles. The fourth-order valence-electron chi connectivity index (χ4n) is 2.16. The largest absolute Gasteiger partial charge is 0.299 e. The Morgan fingerprint density at radius 1 is 1.60 bits per heavy atom. The fourth-order valence-corrected chi connectivity index (χ4v) is 2.16. The average molecular weight is 138 g/mol. The molecule has 0 bridgehead atoms. The van der Waals surface area contributed by atoms with E-state index in [0.29, 0.717) is 23.0 Å². The standard InChI is InChI=1S/C9H14O/c1-6-3-4-9(2)5-7(9)8(6)10/h6-7H,3-5H2,1-2H3. The van der Waals surface area contributed by atoms with Gasteiger partial charge in [0, 0.05) is 11.8 Å². The summed E-state index contributed by atoms with van der Waals surface area (Å²) < 4.78 is 0. The molecular weight excluding hydrogens is 124 g/mol. The molecule has 0 aromatic rings. The van der Waals surface area contributed by atoms with Crippen LogP contribution in [0, 0.1) is 17.3 Å². The maximum Gasteiger partial charge on any atom is 0.139 e. The minimum atomic E-state index is 0.362. The molecule has 0 aromatic heterocycles. The van der Waals surface area contributed by atoms with Crippen molar-refractivity contribution in [2.24, 2.45) is 17.3 Å². The van der Waals surface area contributed by atoms with Gasteiger partial charge in [0.1, 0.15) is 5.78 Å². The first kappa shape index (κ1) is 6.38. The highest BCUT2D eigenvalue weighted by atomic mass is 16.1. The minimum Gasteiger partial charge on any atom is -0.299 e. The van der Waals surface area contributed by atoms with Crippen molar-refractivity contribution in [1.29, 1.82) is 0 Å². The zero-order valence-corrected chi connectivity index (χ0v) is 6.68. The third-order valence-electron chi connectivity index (χ3n) is 3.33. The van der Waals surface area contributed by atoms with Crippen LogP contribution in [0.5, 0.6) is 0 Å². The summed E-state index contributed by atoms with van der Waals surface area (Å²) in [6, 6.07) is 0. The van der Waals surface area contributed by atoms with Crippen molar-refractivity contribution in [3.8, 4) is 0 Å². The molecule has 0 aromatic carbocycles. The second kappa shape index (κ2) is 1.63. The Balaban J connectivity index is 2.16. The van der Waals surface area contributed by atoms with Crippen LogP contribution in [0.1, 0.15) is 33.1 Å². The molecule has 2 aliphatic rings. The van der Waals surface area contributed by atoms with E-state index in [-0.39, 0.29) is 0 Å². The molecule has 1 nitrogen and oxygen atoms in total. The predicted octanol–water partition coefficient (Wildman–Crippen LogP) is 2.01. The number of hydrogen-bond acceptors (Lipinski definition) is 1. The van der Waals surface area contributed by atoms with Gasteiger partial charge in [-0.05, 0) is 24.7 Å². The van der Waals surface area contributed by atoms with Gasteiger partial charge in [-0.15, -0.1) is 0 Å². The lowest BCUT2D eigenvalue weighted by molar-refractivity contribution is -0.126. The van der Waals surface area contributed by atoms with E-state index in [1.807, 2.05) is 0 Å². The van der Waals surface area contributed by atoms with Crippen LogP contribution in [0.25, 0.3) is 0 Å². The molecule has 3 unspecified atom stereocenters. The summed E-state index contributed by atoms with van der Waals surface area (Å²) in [7, 11) is 0. The number of carbonyl (C=O) groups is 1. The summed E-state index contributed by atoms with van der Waals surface area (Å²) >= 11 is 0. The highest BCUT2D eigenvalue weighted by Crippen LogP contribution is 2.60. The Hall–Kier alpha value is -0.330. The van der Waals surface area contributed by atoms with Gasteiger partial charge in [0.05, 0.1) is 0 Å². The monoisotopic (exact) mass is 138 g/mol. The van der Waals surface area contributed by atoms with Crippen LogP contribution in [-0.2, 0) is 4.79 Å². The minimum absolute atomic E-state index is 0.362. The molecule has 2 rings (SSSR count). The van der Waals surface area contributed by atoms with E-state index < -0.39 is 0 Å². The van der Waals surface area contributed by atoms with Gasteiger partial charge in [-0.3, -0.25) is 4.79 Å². The fraction of sp³-hybridized carbons (Fsp3) is 0.889. The molecule has 56 valence electrons. The van der Waals surface area contributed by atoms with E-state index in [0.717, 1.165) is 6.42 Å². The van der Waals surface area contributed by atoms with Crippen LogP contribution in [0.3, 0.4) is 0 Å². The lowest BCUT2D eigenvalue weighted by Crippen LogP contribution is -2.22. The van der Waals surface area contributed by atoms with Crippen LogP contribution in [0.4, 0.5) is 0 Å². The maximum absolute atomic E-state index is 11.4. The number of ketones is 1. The van der Waals surface area contributed by atoms with Crippen LogP contribution >= 0.6 is 0 Å². The normalized spacial score (nSPS) is 52.4. The van der Waals surface area contributed by atoms with Crippen LogP contribution in [0.15, 0.2) is 0 Å². The highest BCUT2D eigenvalue weighted by Gasteiger charge is 2.57. The quantitative estimate of drug-likeness (QED) is 0.500. The molecule has 0 radical (unpaired) electrons. The van der Waals surface area contributed by atoms with Crippen molar-refractivity contribution in [1.82, 2.24) is 0 Å². The molecule has 0 aliphatic heterocycles. The number of fused-ring (bicyclic) bond motifs is 1. The van der Waals surface area contributed by atoms with Gasteiger partial charge >= 0.3 is 0 Å². The summed E-state index contributed by atoms with van der Waals surface area (Å²) in [5.41, 5.74) is 0.448. The smallest absolute Gasteiger partial charge is 0.139 e. The summed E-state index contributed by atoms with van der Waals surface area (Å²) in [6.07, 6.45) is 3.59. The Morgan fingerprint density at radius 3 is 2.90 bits per heavy atom. The predicted molar refractivity (Wildman–Crippen MR) is 39.6 cm³/mol. The van der Waals surface area contributed by atoms with Gasteiger partial charge in [-0.2, -0.15) is 0 Å². The van der Waals surface area contributed by atoms with Crippen LogP contribution in [0.2, 0.25) is 0 Å². The number of hydrogen-bond donors (Lipinski definition) is 0. The molecule has 1 heteroatoms. The number of Topliss-reactive ketones (excluding diaryl/α,β-unsaturated/α-hetero) is 1. The topological polar surface area (TPSA) is 17.1 Å². The zero-order valence-electron chi connectivity index (χ0n) is 6.68. The third kappa shape index (κ3) is 0.664. The second-order valence-electron chi connectivity index (χ2n) is 4.25. The molecule has 0 amide bonds. The third-order valence-corrected chi connectivity index (χ3v) is 3.33. The van der Waals surface area contributed by atoms with E-state index in [2.05, 4.69) is 13.8 Å². The summed E-state index contributed by atoms with van der Waals surface area (Å²) in [6.45, 7) is 4.32. The molecule has 3 atom stereocenters. The van der Waals surface area contributed by atoms with Crippen LogP contribution in [-0.4, -0.2) is 5.78 Å². The summed E-state index contributed by atoms with van der Waals surface area (Å²) in [4.78, 5) is 11.4. The lowest BCUT2D eigenvalue weighted by Gasteiger charge is -2.20. The average Bonchev–Trinajstić information content (AvgIpc) is 2.56. The molecule has 2 fully saturated rings. The van der Waals surface area contributed by atoms with Crippen molar-refractivity contribution < 1.29 is 4.79 Å².